The minimum absolute atomic E-state index is 0.0219. The van der Waals surface area contributed by atoms with E-state index in [1.54, 1.807) is 0 Å². The summed E-state index contributed by atoms with van der Waals surface area (Å²) in [6.45, 7) is 0.973. The highest BCUT2D eigenvalue weighted by molar-refractivity contribution is 5.78. The summed E-state index contributed by atoms with van der Waals surface area (Å²) >= 11 is 0. The van der Waals surface area contributed by atoms with Gasteiger partial charge in [0.25, 0.3) is 0 Å². The lowest BCUT2D eigenvalue weighted by Gasteiger charge is -2.30. The van der Waals surface area contributed by atoms with Gasteiger partial charge < -0.3 is 20.5 Å². The Balaban J connectivity index is 1.40. The first kappa shape index (κ1) is 14.3. The Labute approximate surface area is 120 Å². The summed E-state index contributed by atoms with van der Waals surface area (Å²) in [5.74, 6) is 0.311. The predicted molar refractivity (Wildman–Crippen MR) is 75.3 cm³/mol. The van der Waals surface area contributed by atoms with Crippen molar-refractivity contribution in [3.8, 4) is 0 Å². The Bertz CT molecular complexity index is 340. The zero-order valence-corrected chi connectivity index (χ0v) is 12.0. The second kappa shape index (κ2) is 6.41. The zero-order valence-electron chi connectivity index (χ0n) is 12.0. The first-order chi connectivity index (χ1) is 9.74. The number of aliphatic hydroxyl groups is 1. The second-order valence-electron chi connectivity index (χ2n) is 6.49. The molecule has 3 unspecified atom stereocenters. The topological polar surface area (TPSA) is 70.6 Å². The molecule has 2 saturated carbocycles. The Morgan fingerprint density at radius 3 is 2.55 bits per heavy atom. The van der Waals surface area contributed by atoms with Gasteiger partial charge in [0.2, 0.25) is 5.91 Å². The van der Waals surface area contributed by atoms with Crippen molar-refractivity contribution in [2.45, 2.75) is 69.2 Å². The van der Waals surface area contributed by atoms with Crippen molar-refractivity contribution in [3.63, 3.8) is 0 Å². The molecule has 0 aromatic carbocycles. The Hall–Kier alpha value is -0.650. The van der Waals surface area contributed by atoms with Crippen LogP contribution in [0, 0.1) is 5.92 Å². The maximum Gasteiger partial charge on any atom is 0.223 e. The Morgan fingerprint density at radius 2 is 1.90 bits per heavy atom. The molecule has 3 N–H and O–H groups in total. The molecule has 3 aliphatic rings. The zero-order chi connectivity index (χ0) is 13.9. The van der Waals surface area contributed by atoms with Gasteiger partial charge in [0.15, 0.2) is 0 Å². The van der Waals surface area contributed by atoms with E-state index in [2.05, 4.69) is 10.6 Å². The smallest absolute Gasteiger partial charge is 0.223 e. The third-order valence-electron chi connectivity index (χ3n) is 5.04. The third kappa shape index (κ3) is 3.15. The van der Waals surface area contributed by atoms with E-state index in [9.17, 15) is 9.90 Å². The molecule has 0 aromatic heterocycles. The molecule has 5 heteroatoms. The van der Waals surface area contributed by atoms with Gasteiger partial charge in [-0.15, -0.1) is 0 Å². The molecule has 1 heterocycles. The molecule has 0 aromatic rings. The van der Waals surface area contributed by atoms with Gasteiger partial charge in [-0.25, -0.2) is 0 Å². The summed E-state index contributed by atoms with van der Waals surface area (Å²) in [5, 5.41) is 16.7. The number of rotatable bonds is 5. The SMILES string of the molecule is O=C(NCC1OCC(NC2CCC2)C1O)C1CCCC1. The Morgan fingerprint density at radius 1 is 1.15 bits per heavy atom. The van der Waals surface area contributed by atoms with Crippen molar-refractivity contribution < 1.29 is 14.6 Å². The molecule has 0 radical (unpaired) electrons. The summed E-state index contributed by atoms with van der Waals surface area (Å²) in [4.78, 5) is 12.0. The minimum atomic E-state index is -0.514. The monoisotopic (exact) mass is 282 g/mol. The first-order valence-corrected chi connectivity index (χ1v) is 8.07. The van der Waals surface area contributed by atoms with Gasteiger partial charge in [-0.05, 0) is 25.7 Å². The fourth-order valence-electron chi connectivity index (χ4n) is 3.42. The highest BCUT2D eigenvalue weighted by Gasteiger charge is 2.38. The van der Waals surface area contributed by atoms with Crippen molar-refractivity contribution in [2.24, 2.45) is 5.92 Å². The number of hydrogen-bond acceptors (Lipinski definition) is 4. The molecule has 1 aliphatic heterocycles. The lowest BCUT2D eigenvalue weighted by atomic mass is 9.92. The molecule has 1 amide bonds. The number of carbonyl (C=O) groups excluding carboxylic acids is 1. The molecule has 3 rings (SSSR count). The van der Waals surface area contributed by atoms with Crippen LogP contribution in [0.4, 0.5) is 0 Å². The van der Waals surface area contributed by atoms with Crippen molar-refractivity contribution in [1.29, 1.82) is 0 Å². The van der Waals surface area contributed by atoms with Crippen LogP contribution >= 0.6 is 0 Å². The third-order valence-corrected chi connectivity index (χ3v) is 5.04. The minimum Gasteiger partial charge on any atom is -0.389 e. The van der Waals surface area contributed by atoms with Crippen LogP contribution in [0.3, 0.4) is 0 Å². The summed E-state index contributed by atoms with van der Waals surface area (Å²) in [7, 11) is 0. The van der Waals surface area contributed by atoms with E-state index in [4.69, 9.17) is 4.74 Å². The normalized spacial score (nSPS) is 35.1. The number of amides is 1. The van der Waals surface area contributed by atoms with Gasteiger partial charge in [0.1, 0.15) is 6.10 Å². The maximum atomic E-state index is 12.0. The number of ether oxygens (including phenoxy) is 1. The van der Waals surface area contributed by atoms with E-state index >= 15 is 0 Å². The lowest BCUT2D eigenvalue weighted by Crippen LogP contribution is -2.50. The molecule has 3 atom stereocenters. The summed E-state index contributed by atoms with van der Waals surface area (Å²) in [6.07, 6.45) is 7.23. The van der Waals surface area contributed by atoms with Gasteiger partial charge in [0.05, 0.1) is 18.8 Å². The summed E-state index contributed by atoms with van der Waals surface area (Å²) in [6, 6.07) is 0.568. The van der Waals surface area contributed by atoms with Crippen LogP contribution in [0.5, 0.6) is 0 Å². The van der Waals surface area contributed by atoms with E-state index in [-0.39, 0.29) is 24.0 Å². The molecule has 0 spiro atoms. The van der Waals surface area contributed by atoms with E-state index in [0.29, 0.717) is 19.2 Å². The van der Waals surface area contributed by atoms with Gasteiger partial charge in [-0.1, -0.05) is 19.3 Å². The van der Waals surface area contributed by atoms with Gasteiger partial charge in [-0.3, -0.25) is 4.79 Å². The maximum absolute atomic E-state index is 12.0. The van der Waals surface area contributed by atoms with Crippen LogP contribution in [-0.4, -0.2) is 48.5 Å². The van der Waals surface area contributed by atoms with Crippen LogP contribution < -0.4 is 10.6 Å². The average Bonchev–Trinajstić information content (AvgIpc) is 3.02. The fraction of sp³-hybridized carbons (Fsp3) is 0.933. The van der Waals surface area contributed by atoms with E-state index < -0.39 is 6.10 Å². The van der Waals surface area contributed by atoms with Crippen LogP contribution in [0.1, 0.15) is 44.9 Å². The molecule has 5 nitrogen and oxygen atoms in total. The highest BCUT2D eigenvalue weighted by Crippen LogP contribution is 2.25. The van der Waals surface area contributed by atoms with E-state index in [0.717, 1.165) is 25.7 Å². The first-order valence-electron chi connectivity index (χ1n) is 8.07. The molecule has 20 heavy (non-hydrogen) atoms. The molecule has 1 saturated heterocycles. The largest absolute Gasteiger partial charge is 0.389 e. The molecule has 3 fully saturated rings. The van der Waals surface area contributed by atoms with Crippen LogP contribution in [-0.2, 0) is 9.53 Å². The van der Waals surface area contributed by atoms with Gasteiger partial charge in [0, 0.05) is 18.5 Å². The highest BCUT2D eigenvalue weighted by atomic mass is 16.5. The van der Waals surface area contributed by atoms with E-state index in [1.165, 1.54) is 19.3 Å². The van der Waals surface area contributed by atoms with E-state index in [1.807, 2.05) is 0 Å². The quantitative estimate of drug-likeness (QED) is 0.689. The number of hydrogen-bond donors (Lipinski definition) is 3. The Kier molecular flexibility index (Phi) is 4.58. The number of nitrogens with one attached hydrogen (secondary N) is 2. The molecular formula is C15H26N2O3. The van der Waals surface area contributed by atoms with Crippen LogP contribution in [0.15, 0.2) is 0 Å². The number of aliphatic hydroxyl groups excluding tert-OH is 1. The van der Waals surface area contributed by atoms with Crippen molar-refractivity contribution in [1.82, 2.24) is 10.6 Å². The predicted octanol–water partition coefficient (Wildman–Crippen LogP) is 0.563. The fourth-order valence-corrected chi connectivity index (χ4v) is 3.42. The number of carbonyl (C=O) groups is 1. The van der Waals surface area contributed by atoms with Crippen LogP contribution in [0.2, 0.25) is 0 Å². The van der Waals surface area contributed by atoms with Gasteiger partial charge >= 0.3 is 0 Å². The average molecular weight is 282 g/mol. The van der Waals surface area contributed by atoms with Crippen LogP contribution in [0.25, 0.3) is 0 Å². The van der Waals surface area contributed by atoms with Gasteiger partial charge in [-0.2, -0.15) is 0 Å². The molecule has 114 valence electrons. The molecule has 2 aliphatic carbocycles. The molecular weight excluding hydrogens is 256 g/mol. The standard InChI is InChI=1S/C15H26N2O3/c18-14-12(17-11-6-3-7-11)9-20-13(14)8-16-15(19)10-4-1-2-5-10/h10-14,17-18H,1-9H2,(H,16,19). The second-order valence-corrected chi connectivity index (χ2v) is 6.49. The molecule has 0 bridgehead atoms. The summed E-state index contributed by atoms with van der Waals surface area (Å²) in [5.41, 5.74) is 0. The van der Waals surface area contributed by atoms with Crippen molar-refractivity contribution in [3.05, 3.63) is 0 Å². The summed E-state index contributed by atoms with van der Waals surface area (Å²) < 4.78 is 5.63. The lowest BCUT2D eigenvalue weighted by molar-refractivity contribution is -0.125. The van der Waals surface area contributed by atoms with Crippen molar-refractivity contribution in [2.75, 3.05) is 13.2 Å². The van der Waals surface area contributed by atoms with Crippen molar-refractivity contribution >= 4 is 5.91 Å².